The maximum absolute atomic E-state index is 12.0. The highest BCUT2D eigenvalue weighted by Gasteiger charge is 2.20. The van der Waals surface area contributed by atoms with Gasteiger partial charge in [0.05, 0.1) is 6.10 Å². The summed E-state index contributed by atoms with van der Waals surface area (Å²) >= 11 is 0. The molecule has 0 saturated heterocycles. The van der Waals surface area contributed by atoms with Gasteiger partial charge in [-0.15, -0.1) is 0 Å². The third-order valence-electron chi connectivity index (χ3n) is 4.06. The van der Waals surface area contributed by atoms with Crippen LogP contribution in [0.4, 0.5) is 4.79 Å². The molecule has 2 amide bonds. The molecule has 1 aliphatic rings. The number of imidazole rings is 1. The molecule has 3 rings (SSSR count). The Morgan fingerprint density at radius 2 is 2.13 bits per heavy atom. The maximum atomic E-state index is 12.0. The van der Waals surface area contributed by atoms with Gasteiger partial charge in [0.25, 0.3) is 0 Å². The number of carbonyl (C=O) groups excluding carboxylic acids is 1. The van der Waals surface area contributed by atoms with Gasteiger partial charge in [0.2, 0.25) is 0 Å². The van der Waals surface area contributed by atoms with Gasteiger partial charge < -0.3 is 15.7 Å². The molecular weight excluding hydrogens is 294 g/mol. The Morgan fingerprint density at radius 1 is 1.30 bits per heavy atom. The van der Waals surface area contributed by atoms with Crippen molar-refractivity contribution in [3.8, 4) is 5.82 Å². The first-order valence-electron chi connectivity index (χ1n) is 7.86. The third-order valence-corrected chi connectivity index (χ3v) is 4.06. The number of hydrogen-bond donors (Lipinski definition) is 3. The van der Waals surface area contributed by atoms with Gasteiger partial charge in [0.1, 0.15) is 12.1 Å². The Labute approximate surface area is 134 Å². The minimum atomic E-state index is -0.213. The molecule has 7 heteroatoms. The van der Waals surface area contributed by atoms with E-state index in [0.29, 0.717) is 6.54 Å². The number of pyridine rings is 1. The van der Waals surface area contributed by atoms with Gasteiger partial charge in [-0.25, -0.2) is 14.8 Å². The molecular formula is C16H21N5O2. The van der Waals surface area contributed by atoms with Gasteiger partial charge >= 0.3 is 6.03 Å². The highest BCUT2D eigenvalue weighted by Crippen LogP contribution is 2.18. The Bertz CT molecular complexity index is 636. The molecule has 2 heterocycles. The van der Waals surface area contributed by atoms with Crippen molar-refractivity contribution in [3.05, 3.63) is 42.6 Å². The summed E-state index contributed by atoms with van der Waals surface area (Å²) in [6.07, 6.45) is 9.87. The Hall–Kier alpha value is -2.41. The summed E-state index contributed by atoms with van der Waals surface area (Å²) in [5.74, 6) is 0.767. The van der Waals surface area contributed by atoms with E-state index in [0.717, 1.165) is 37.1 Å². The van der Waals surface area contributed by atoms with Gasteiger partial charge in [-0.05, 0) is 43.4 Å². The van der Waals surface area contributed by atoms with Crippen molar-refractivity contribution in [1.29, 1.82) is 0 Å². The summed E-state index contributed by atoms with van der Waals surface area (Å²) in [6.45, 7) is 0.436. The lowest BCUT2D eigenvalue weighted by atomic mass is 9.93. The number of aliphatic hydroxyl groups is 1. The van der Waals surface area contributed by atoms with Crippen molar-refractivity contribution in [2.75, 3.05) is 0 Å². The second kappa shape index (κ2) is 7.23. The SMILES string of the molecule is O=C(NCc1ccnc(-n2ccnc2)c1)NC1CCC(O)CC1. The van der Waals surface area contributed by atoms with Crippen LogP contribution < -0.4 is 10.6 Å². The quantitative estimate of drug-likeness (QED) is 0.794. The predicted octanol–water partition coefficient (Wildman–Crippen LogP) is 1.37. The van der Waals surface area contributed by atoms with E-state index >= 15 is 0 Å². The molecule has 7 nitrogen and oxygen atoms in total. The molecule has 0 spiro atoms. The van der Waals surface area contributed by atoms with Crippen LogP contribution in [0.3, 0.4) is 0 Å². The zero-order valence-electron chi connectivity index (χ0n) is 12.9. The summed E-state index contributed by atoms with van der Waals surface area (Å²) in [5, 5.41) is 15.3. The minimum absolute atomic E-state index is 0.150. The fraction of sp³-hybridized carbons (Fsp3) is 0.438. The van der Waals surface area contributed by atoms with Crippen molar-refractivity contribution in [3.63, 3.8) is 0 Å². The fourth-order valence-electron chi connectivity index (χ4n) is 2.75. The van der Waals surface area contributed by atoms with Gasteiger partial charge in [-0.3, -0.25) is 4.57 Å². The maximum Gasteiger partial charge on any atom is 0.315 e. The summed E-state index contributed by atoms with van der Waals surface area (Å²) < 4.78 is 1.82. The monoisotopic (exact) mass is 315 g/mol. The lowest BCUT2D eigenvalue weighted by molar-refractivity contribution is 0.117. The fourth-order valence-corrected chi connectivity index (χ4v) is 2.75. The Balaban J connectivity index is 1.50. The standard InChI is InChI=1S/C16H21N5O2/c22-14-3-1-13(2-4-14)20-16(23)19-10-12-5-6-18-15(9-12)21-8-7-17-11-21/h5-9,11,13-14,22H,1-4,10H2,(H2,19,20,23). The van der Waals surface area contributed by atoms with E-state index in [1.807, 2.05) is 22.9 Å². The van der Waals surface area contributed by atoms with Gasteiger partial charge in [0, 0.05) is 31.2 Å². The van der Waals surface area contributed by atoms with Crippen LogP contribution in [0, 0.1) is 0 Å². The Kier molecular flexibility index (Phi) is 4.87. The molecule has 0 radical (unpaired) electrons. The topological polar surface area (TPSA) is 92.1 Å². The van der Waals surface area contributed by atoms with E-state index in [4.69, 9.17) is 0 Å². The minimum Gasteiger partial charge on any atom is -0.393 e. The second-order valence-electron chi connectivity index (χ2n) is 5.82. The van der Waals surface area contributed by atoms with E-state index in [-0.39, 0.29) is 18.2 Å². The van der Waals surface area contributed by atoms with Gasteiger partial charge in [-0.1, -0.05) is 0 Å². The molecule has 2 aromatic rings. The molecule has 23 heavy (non-hydrogen) atoms. The second-order valence-corrected chi connectivity index (χ2v) is 5.82. The molecule has 0 aromatic carbocycles. The summed E-state index contributed by atoms with van der Waals surface area (Å²) in [7, 11) is 0. The molecule has 2 aromatic heterocycles. The number of amides is 2. The first-order valence-corrected chi connectivity index (χ1v) is 7.86. The van der Waals surface area contributed by atoms with Gasteiger partial charge in [-0.2, -0.15) is 0 Å². The summed E-state index contributed by atoms with van der Waals surface area (Å²) in [6, 6.07) is 3.76. The lowest BCUT2D eigenvalue weighted by Gasteiger charge is -2.26. The van der Waals surface area contributed by atoms with Crippen LogP contribution in [0.5, 0.6) is 0 Å². The number of carbonyl (C=O) groups is 1. The van der Waals surface area contributed by atoms with E-state index in [1.54, 1.807) is 18.7 Å². The van der Waals surface area contributed by atoms with E-state index in [2.05, 4.69) is 20.6 Å². The van der Waals surface area contributed by atoms with Crippen LogP contribution in [0.15, 0.2) is 37.1 Å². The largest absolute Gasteiger partial charge is 0.393 e. The number of nitrogens with one attached hydrogen (secondary N) is 2. The molecule has 1 fully saturated rings. The van der Waals surface area contributed by atoms with Crippen molar-refractivity contribution < 1.29 is 9.90 Å². The molecule has 1 saturated carbocycles. The average Bonchev–Trinajstić information content (AvgIpc) is 3.10. The molecule has 0 atom stereocenters. The van der Waals surface area contributed by atoms with Crippen molar-refractivity contribution >= 4 is 6.03 Å². The molecule has 1 aliphatic carbocycles. The lowest BCUT2D eigenvalue weighted by Crippen LogP contribution is -2.43. The number of aromatic nitrogens is 3. The highest BCUT2D eigenvalue weighted by atomic mass is 16.3. The van der Waals surface area contributed by atoms with Crippen molar-refractivity contribution in [2.24, 2.45) is 0 Å². The zero-order chi connectivity index (χ0) is 16.1. The van der Waals surface area contributed by atoms with Crippen molar-refractivity contribution in [2.45, 2.75) is 44.4 Å². The summed E-state index contributed by atoms with van der Waals surface area (Å²) in [4.78, 5) is 20.2. The highest BCUT2D eigenvalue weighted by molar-refractivity contribution is 5.74. The molecule has 0 bridgehead atoms. The first kappa shape index (κ1) is 15.5. The average molecular weight is 315 g/mol. The smallest absolute Gasteiger partial charge is 0.315 e. The van der Waals surface area contributed by atoms with Crippen LogP contribution in [-0.4, -0.2) is 37.8 Å². The normalized spacial score (nSPS) is 20.9. The number of nitrogens with zero attached hydrogens (tertiary/aromatic N) is 3. The number of urea groups is 1. The third kappa shape index (κ3) is 4.29. The summed E-state index contributed by atoms with van der Waals surface area (Å²) in [5.41, 5.74) is 0.970. The number of aliphatic hydroxyl groups excluding tert-OH is 1. The molecule has 3 N–H and O–H groups in total. The number of rotatable bonds is 4. The zero-order valence-corrected chi connectivity index (χ0v) is 12.9. The van der Waals surface area contributed by atoms with Crippen molar-refractivity contribution in [1.82, 2.24) is 25.2 Å². The van der Waals surface area contributed by atoms with Crippen LogP contribution in [0.1, 0.15) is 31.2 Å². The van der Waals surface area contributed by atoms with E-state index in [9.17, 15) is 9.90 Å². The molecule has 0 unspecified atom stereocenters. The molecule has 0 aliphatic heterocycles. The van der Waals surface area contributed by atoms with Gasteiger partial charge in [0.15, 0.2) is 0 Å². The predicted molar refractivity (Wildman–Crippen MR) is 85.0 cm³/mol. The van der Waals surface area contributed by atoms with Crippen LogP contribution in [0.25, 0.3) is 5.82 Å². The molecule has 122 valence electrons. The van der Waals surface area contributed by atoms with Crippen LogP contribution in [0.2, 0.25) is 0 Å². The van der Waals surface area contributed by atoms with E-state index < -0.39 is 0 Å². The number of hydrogen-bond acceptors (Lipinski definition) is 4. The van der Waals surface area contributed by atoms with Crippen LogP contribution in [-0.2, 0) is 6.54 Å². The van der Waals surface area contributed by atoms with Crippen LogP contribution >= 0.6 is 0 Å². The van der Waals surface area contributed by atoms with E-state index in [1.165, 1.54) is 0 Å². The Morgan fingerprint density at radius 3 is 2.87 bits per heavy atom. The first-order chi connectivity index (χ1) is 11.2.